The number of thioether (sulfide) groups is 1. The number of hydrogen-bond acceptors (Lipinski definition) is 5. The zero-order valence-corrected chi connectivity index (χ0v) is 19.5. The molecule has 1 aromatic heterocycles. The van der Waals surface area contributed by atoms with Gasteiger partial charge in [-0.2, -0.15) is 0 Å². The minimum absolute atomic E-state index is 0.0382. The van der Waals surface area contributed by atoms with Crippen molar-refractivity contribution < 1.29 is 19.1 Å². The lowest BCUT2D eigenvalue weighted by atomic mass is 10.1. The first-order valence-corrected chi connectivity index (χ1v) is 11.2. The number of halogens is 2. The Morgan fingerprint density at radius 2 is 2.00 bits per heavy atom. The Balaban J connectivity index is 1.69. The molecular formula is C22H16BrClN2O4S. The molecule has 9 heteroatoms. The van der Waals surface area contributed by atoms with Gasteiger partial charge in [-0.15, -0.1) is 0 Å². The summed E-state index contributed by atoms with van der Waals surface area (Å²) in [6.45, 7) is 0.147. The van der Waals surface area contributed by atoms with Gasteiger partial charge in [0.05, 0.1) is 18.6 Å². The van der Waals surface area contributed by atoms with Gasteiger partial charge in [0.15, 0.2) is 0 Å². The Morgan fingerprint density at radius 3 is 2.74 bits per heavy atom. The third-order valence-electron chi connectivity index (χ3n) is 4.85. The molecule has 0 saturated carbocycles. The van der Waals surface area contributed by atoms with E-state index in [1.807, 2.05) is 24.3 Å². The topological polar surface area (TPSA) is 68.6 Å². The molecule has 0 N–H and O–H groups in total. The normalized spacial score (nSPS) is 15.3. The van der Waals surface area contributed by atoms with Crippen molar-refractivity contribution in [3.05, 3.63) is 74.2 Å². The molecule has 0 spiro atoms. The number of carbonyl (C=O) groups excluding carboxylic acids is 3. The Morgan fingerprint density at radius 1 is 1.23 bits per heavy atom. The van der Waals surface area contributed by atoms with E-state index in [4.69, 9.17) is 16.3 Å². The number of amides is 2. The molecule has 4 rings (SSSR count). The first kappa shape index (κ1) is 21.7. The molecule has 2 heterocycles. The number of benzene rings is 2. The zero-order valence-electron chi connectivity index (χ0n) is 16.3. The number of hydrogen-bond donors (Lipinski definition) is 0. The summed E-state index contributed by atoms with van der Waals surface area (Å²) >= 11 is 10.5. The quantitative estimate of drug-likeness (QED) is 0.330. The van der Waals surface area contributed by atoms with Crippen molar-refractivity contribution in [2.24, 2.45) is 0 Å². The van der Waals surface area contributed by atoms with Gasteiger partial charge in [-0.25, -0.2) is 0 Å². The summed E-state index contributed by atoms with van der Waals surface area (Å²) in [6.07, 6.45) is 3.45. The second-order valence-electron chi connectivity index (χ2n) is 6.81. The predicted molar refractivity (Wildman–Crippen MR) is 125 cm³/mol. The third-order valence-corrected chi connectivity index (χ3v) is 6.62. The van der Waals surface area contributed by atoms with E-state index >= 15 is 0 Å². The van der Waals surface area contributed by atoms with Crippen LogP contribution in [0.15, 0.2) is 58.0 Å². The van der Waals surface area contributed by atoms with Gasteiger partial charge in [0, 0.05) is 32.2 Å². The van der Waals surface area contributed by atoms with Gasteiger partial charge in [0.2, 0.25) is 0 Å². The van der Waals surface area contributed by atoms with Crippen molar-refractivity contribution in [1.29, 1.82) is 0 Å². The van der Waals surface area contributed by atoms with Crippen LogP contribution in [0.3, 0.4) is 0 Å². The van der Waals surface area contributed by atoms with Gasteiger partial charge in [-0.3, -0.25) is 19.3 Å². The highest BCUT2D eigenvalue weighted by molar-refractivity contribution is 9.10. The Hall–Kier alpha value is -2.55. The smallest absolute Gasteiger partial charge is 0.325 e. The van der Waals surface area contributed by atoms with E-state index in [-0.39, 0.29) is 30.2 Å². The van der Waals surface area contributed by atoms with Crippen molar-refractivity contribution in [2.75, 3.05) is 7.11 Å². The van der Waals surface area contributed by atoms with E-state index in [1.54, 1.807) is 35.0 Å². The van der Waals surface area contributed by atoms with Crippen LogP contribution in [0.2, 0.25) is 5.02 Å². The fourth-order valence-corrected chi connectivity index (χ4v) is 4.71. The SMILES string of the molecule is COC(=O)Cn1cc(/C=C2\SC(=O)N(Cc3ccccc3Cl)C2=O)c2cc(Br)ccc21. The van der Waals surface area contributed by atoms with Crippen LogP contribution in [0.4, 0.5) is 4.79 Å². The highest BCUT2D eigenvalue weighted by Gasteiger charge is 2.35. The van der Waals surface area contributed by atoms with Crippen molar-refractivity contribution in [3.8, 4) is 0 Å². The summed E-state index contributed by atoms with van der Waals surface area (Å²) in [5, 5.41) is 0.994. The highest BCUT2D eigenvalue weighted by atomic mass is 79.9. The number of imide groups is 1. The van der Waals surface area contributed by atoms with Crippen molar-refractivity contribution in [1.82, 2.24) is 9.47 Å². The highest BCUT2D eigenvalue weighted by Crippen LogP contribution is 2.36. The number of esters is 1. The molecule has 2 aromatic carbocycles. The number of aromatic nitrogens is 1. The average Bonchev–Trinajstić information content (AvgIpc) is 3.20. The minimum atomic E-state index is -0.383. The van der Waals surface area contributed by atoms with Gasteiger partial charge in [-0.05, 0) is 47.7 Å². The van der Waals surface area contributed by atoms with Crippen molar-refractivity contribution in [3.63, 3.8) is 0 Å². The van der Waals surface area contributed by atoms with Gasteiger partial charge in [0.25, 0.3) is 11.1 Å². The maximum Gasteiger partial charge on any atom is 0.325 e. The lowest BCUT2D eigenvalue weighted by Crippen LogP contribution is -2.27. The van der Waals surface area contributed by atoms with Crippen LogP contribution in [-0.4, -0.2) is 33.7 Å². The molecule has 1 saturated heterocycles. The Bertz CT molecular complexity index is 1250. The molecule has 2 amide bonds. The molecule has 6 nitrogen and oxygen atoms in total. The monoisotopic (exact) mass is 518 g/mol. The molecule has 0 atom stereocenters. The first-order chi connectivity index (χ1) is 14.9. The molecule has 3 aromatic rings. The summed E-state index contributed by atoms with van der Waals surface area (Å²) in [7, 11) is 1.33. The summed E-state index contributed by atoms with van der Waals surface area (Å²) in [6, 6.07) is 12.8. The largest absolute Gasteiger partial charge is 0.468 e. The summed E-state index contributed by atoms with van der Waals surface area (Å²) in [4.78, 5) is 38.8. The van der Waals surface area contributed by atoms with Crippen LogP contribution in [0.25, 0.3) is 17.0 Å². The van der Waals surface area contributed by atoms with Crippen LogP contribution in [0.5, 0.6) is 0 Å². The molecular weight excluding hydrogens is 504 g/mol. The van der Waals surface area contributed by atoms with E-state index in [0.717, 1.165) is 32.7 Å². The second-order valence-corrected chi connectivity index (χ2v) is 9.13. The molecule has 1 fully saturated rings. The molecule has 31 heavy (non-hydrogen) atoms. The molecule has 0 bridgehead atoms. The number of carbonyl (C=O) groups is 3. The molecule has 1 aliphatic rings. The van der Waals surface area contributed by atoms with Gasteiger partial charge < -0.3 is 9.30 Å². The van der Waals surface area contributed by atoms with Gasteiger partial charge in [0.1, 0.15) is 6.54 Å². The minimum Gasteiger partial charge on any atom is -0.468 e. The number of fused-ring (bicyclic) bond motifs is 1. The number of nitrogens with zero attached hydrogens (tertiary/aromatic N) is 2. The Labute approximate surface area is 195 Å². The van der Waals surface area contributed by atoms with Crippen LogP contribution >= 0.6 is 39.3 Å². The summed E-state index contributed by atoms with van der Waals surface area (Å²) in [5.41, 5.74) is 2.24. The zero-order chi connectivity index (χ0) is 22.1. The van der Waals surface area contributed by atoms with Crippen molar-refractivity contribution in [2.45, 2.75) is 13.1 Å². The molecule has 0 unspecified atom stereocenters. The van der Waals surface area contributed by atoms with Gasteiger partial charge in [-0.1, -0.05) is 45.7 Å². The average molecular weight is 520 g/mol. The second kappa shape index (κ2) is 8.90. The lowest BCUT2D eigenvalue weighted by molar-refractivity contribution is -0.141. The number of ether oxygens (including phenoxy) is 1. The number of rotatable bonds is 5. The maximum absolute atomic E-state index is 13.0. The van der Waals surface area contributed by atoms with Crippen LogP contribution in [-0.2, 0) is 27.4 Å². The van der Waals surface area contributed by atoms with E-state index < -0.39 is 0 Å². The lowest BCUT2D eigenvalue weighted by Gasteiger charge is -2.13. The molecule has 0 radical (unpaired) electrons. The van der Waals surface area contributed by atoms with Crippen molar-refractivity contribution >= 4 is 73.4 Å². The van der Waals surface area contributed by atoms with Crippen LogP contribution < -0.4 is 0 Å². The van der Waals surface area contributed by atoms with E-state index in [1.165, 1.54) is 12.0 Å². The van der Waals surface area contributed by atoms with Gasteiger partial charge >= 0.3 is 5.97 Å². The molecule has 0 aliphatic carbocycles. The standard InChI is InChI=1S/C22H16BrClN2O4S/c1-30-20(27)12-25-10-14(16-9-15(23)6-7-18(16)25)8-19-21(28)26(22(29)31-19)11-13-4-2-3-5-17(13)24/h2-10H,11-12H2,1H3/b19-8-. The number of methoxy groups -OCH3 is 1. The predicted octanol–water partition coefficient (Wildman–Crippen LogP) is 5.47. The Kier molecular flexibility index (Phi) is 6.22. The summed E-state index contributed by atoms with van der Waals surface area (Å²) in [5.74, 6) is -0.759. The summed E-state index contributed by atoms with van der Waals surface area (Å²) < 4.78 is 7.39. The van der Waals surface area contributed by atoms with Crippen LogP contribution in [0.1, 0.15) is 11.1 Å². The maximum atomic E-state index is 13.0. The molecule has 1 aliphatic heterocycles. The third kappa shape index (κ3) is 4.42. The van der Waals surface area contributed by atoms with E-state index in [0.29, 0.717) is 15.5 Å². The fraction of sp³-hybridized carbons (Fsp3) is 0.136. The first-order valence-electron chi connectivity index (χ1n) is 9.21. The fourth-order valence-electron chi connectivity index (χ4n) is 3.32. The molecule has 158 valence electrons. The van der Waals surface area contributed by atoms with E-state index in [2.05, 4.69) is 15.9 Å². The van der Waals surface area contributed by atoms with E-state index in [9.17, 15) is 14.4 Å². The van der Waals surface area contributed by atoms with Crippen LogP contribution in [0, 0.1) is 0 Å².